The Balaban J connectivity index is 1.76. The molecule has 3 rings (SSSR count). The van der Waals surface area contributed by atoms with Crippen LogP contribution in [0.1, 0.15) is 17.2 Å². The number of rotatable bonds is 2. The van der Waals surface area contributed by atoms with Crippen LogP contribution in [-0.2, 0) is 0 Å². The third-order valence-corrected chi connectivity index (χ3v) is 4.16. The summed E-state index contributed by atoms with van der Waals surface area (Å²) in [4.78, 5) is 4.62. The Bertz CT molecular complexity index is 640. The standard InChI is InChI=1S/C16H15FN2S/c1-11-7-8-14(13(17)9-11)18-16-19-15(10-20-16)12-5-3-2-4-6-12/h2-9,15H,10H2,1H3,(H,18,19). The number of anilines is 1. The topological polar surface area (TPSA) is 24.4 Å². The maximum atomic E-state index is 13.8. The lowest BCUT2D eigenvalue weighted by Gasteiger charge is -2.06. The normalized spacial score (nSPS) is 17.9. The number of nitrogens with one attached hydrogen (secondary N) is 1. The monoisotopic (exact) mass is 286 g/mol. The predicted octanol–water partition coefficient (Wildman–Crippen LogP) is 4.39. The van der Waals surface area contributed by atoms with Gasteiger partial charge in [0.25, 0.3) is 0 Å². The van der Waals surface area contributed by atoms with E-state index in [4.69, 9.17) is 0 Å². The Kier molecular flexibility index (Phi) is 3.74. The fourth-order valence-corrected chi connectivity index (χ4v) is 3.09. The van der Waals surface area contributed by atoms with Crippen LogP contribution in [-0.4, -0.2) is 10.9 Å². The van der Waals surface area contributed by atoms with E-state index in [0.717, 1.165) is 16.5 Å². The van der Waals surface area contributed by atoms with Gasteiger partial charge in [0, 0.05) is 5.75 Å². The van der Waals surface area contributed by atoms with Crippen molar-refractivity contribution in [3.8, 4) is 0 Å². The summed E-state index contributed by atoms with van der Waals surface area (Å²) in [5.74, 6) is 0.649. The van der Waals surface area contributed by atoms with Crippen molar-refractivity contribution < 1.29 is 4.39 Å². The summed E-state index contributed by atoms with van der Waals surface area (Å²) >= 11 is 1.63. The summed E-state index contributed by atoms with van der Waals surface area (Å²) in [6.45, 7) is 1.88. The van der Waals surface area contributed by atoms with Crippen LogP contribution in [0.25, 0.3) is 0 Å². The van der Waals surface area contributed by atoms with Gasteiger partial charge in [0.05, 0.1) is 11.7 Å². The second kappa shape index (κ2) is 5.67. The van der Waals surface area contributed by atoms with E-state index in [0.29, 0.717) is 5.69 Å². The van der Waals surface area contributed by atoms with E-state index in [1.807, 2.05) is 31.2 Å². The van der Waals surface area contributed by atoms with Gasteiger partial charge >= 0.3 is 0 Å². The van der Waals surface area contributed by atoms with E-state index in [9.17, 15) is 4.39 Å². The number of amidine groups is 1. The molecule has 0 aliphatic carbocycles. The minimum Gasteiger partial charge on any atom is -0.333 e. The molecule has 1 atom stereocenters. The lowest BCUT2D eigenvalue weighted by molar-refractivity contribution is 0.631. The molecule has 0 spiro atoms. The van der Waals surface area contributed by atoms with E-state index >= 15 is 0 Å². The van der Waals surface area contributed by atoms with E-state index in [1.54, 1.807) is 17.8 Å². The number of hydrogen-bond donors (Lipinski definition) is 1. The molecule has 2 aromatic carbocycles. The number of benzene rings is 2. The first kappa shape index (κ1) is 13.2. The van der Waals surface area contributed by atoms with E-state index < -0.39 is 0 Å². The average molecular weight is 286 g/mol. The molecule has 1 aliphatic rings. The largest absolute Gasteiger partial charge is 0.333 e. The molecule has 0 radical (unpaired) electrons. The van der Waals surface area contributed by atoms with E-state index in [1.165, 1.54) is 11.6 Å². The Morgan fingerprint density at radius 3 is 2.75 bits per heavy atom. The third-order valence-electron chi connectivity index (χ3n) is 3.20. The second-order valence-corrected chi connectivity index (χ2v) is 5.79. The summed E-state index contributed by atoms with van der Waals surface area (Å²) in [7, 11) is 0. The fraction of sp³-hybridized carbons (Fsp3) is 0.188. The van der Waals surface area contributed by atoms with Gasteiger partial charge in [-0.1, -0.05) is 48.2 Å². The van der Waals surface area contributed by atoms with Crippen molar-refractivity contribution in [1.82, 2.24) is 0 Å². The van der Waals surface area contributed by atoms with Gasteiger partial charge in [-0.15, -0.1) is 0 Å². The summed E-state index contributed by atoms with van der Waals surface area (Å²) in [6, 6.07) is 15.5. The number of thioether (sulfide) groups is 1. The number of hydrogen-bond acceptors (Lipinski definition) is 3. The van der Waals surface area contributed by atoms with Crippen LogP contribution < -0.4 is 5.32 Å². The van der Waals surface area contributed by atoms with Gasteiger partial charge in [-0.2, -0.15) is 0 Å². The maximum Gasteiger partial charge on any atom is 0.161 e. The molecule has 0 amide bonds. The molecule has 0 bridgehead atoms. The molecule has 1 heterocycles. The average Bonchev–Trinajstić information content (AvgIpc) is 2.92. The quantitative estimate of drug-likeness (QED) is 0.885. The first-order valence-electron chi connectivity index (χ1n) is 6.51. The van der Waals surface area contributed by atoms with Gasteiger partial charge in [-0.05, 0) is 30.2 Å². The fourth-order valence-electron chi connectivity index (χ4n) is 2.12. The molecular weight excluding hydrogens is 271 g/mol. The molecule has 1 aliphatic heterocycles. The predicted molar refractivity (Wildman–Crippen MR) is 83.8 cm³/mol. The van der Waals surface area contributed by atoms with Crippen molar-refractivity contribution in [2.75, 3.05) is 11.1 Å². The molecule has 2 aromatic rings. The minimum atomic E-state index is -0.239. The van der Waals surface area contributed by atoms with Gasteiger partial charge < -0.3 is 5.32 Å². The maximum absolute atomic E-state index is 13.8. The van der Waals surface area contributed by atoms with Gasteiger partial charge in [-0.3, -0.25) is 4.99 Å². The van der Waals surface area contributed by atoms with E-state index in [-0.39, 0.29) is 11.9 Å². The summed E-state index contributed by atoms with van der Waals surface area (Å²) in [5.41, 5.74) is 2.59. The lowest BCUT2D eigenvalue weighted by atomic mass is 10.1. The zero-order chi connectivity index (χ0) is 13.9. The van der Waals surface area contributed by atoms with Gasteiger partial charge in [-0.25, -0.2) is 4.39 Å². The molecule has 1 unspecified atom stereocenters. The van der Waals surface area contributed by atoms with Crippen molar-refractivity contribution in [3.63, 3.8) is 0 Å². The molecule has 0 saturated heterocycles. The Hall–Kier alpha value is -1.81. The van der Waals surface area contributed by atoms with Crippen molar-refractivity contribution in [2.24, 2.45) is 4.99 Å². The third kappa shape index (κ3) is 2.85. The zero-order valence-corrected chi connectivity index (χ0v) is 12.0. The van der Waals surface area contributed by atoms with Crippen LogP contribution in [0.5, 0.6) is 0 Å². The smallest absolute Gasteiger partial charge is 0.161 e. The van der Waals surface area contributed by atoms with Gasteiger partial charge in [0.1, 0.15) is 5.82 Å². The van der Waals surface area contributed by atoms with Crippen LogP contribution >= 0.6 is 11.8 Å². The molecule has 1 N–H and O–H groups in total. The van der Waals surface area contributed by atoms with Crippen LogP contribution in [0.15, 0.2) is 53.5 Å². The molecule has 0 aromatic heterocycles. The summed E-state index contributed by atoms with van der Waals surface area (Å²) < 4.78 is 13.8. The summed E-state index contributed by atoms with van der Waals surface area (Å²) in [6.07, 6.45) is 0. The number of nitrogens with zero attached hydrogens (tertiary/aromatic N) is 1. The lowest BCUT2D eigenvalue weighted by Crippen LogP contribution is -2.06. The van der Waals surface area contributed by atoms with Crippen LogP contribution in [0.4, 0.5) is 10.1 Å². The van der Waals surface area contributed by atoms with Crippen LogP contribution in [0.3, 0.4) is 0 Å². The highest BCUT2D eigenvalue weighted by atomic mass is 32.2. The first-order chi connectivity index (χ1) is 9.72. The molecule has 20 heavy (non-hydrogen) atoms. The van der Waals surface area contributed by atoms with Crippen molar-refractivity contribution in [1.29, 1.82) is 0 Å². The molecule has 0 saturated carbocycles. The SMILES string of the molecule is Cc1ccc(NC2=NC(c3ccccc3)CS2)c(F)c1. The Labute approximate surface area is 122 Å². The molecule has 0 fully saturated rings. The van der Waals surface area contributed by atoms with Gasteiger partial charge in [0.15, 0.2) is 5.17 Å². The Morgan fingerprint density at radius 1 is 1.20 bits per heavy atom. The van der Waals surface area contributed by atoms with Gasteiger partial charge in [0.2, 0.25) is 0 Å². The van der Waals surface area contributed by atoms with Crippen LogP contribution in [0.2, 0.25) is 0 Å². The van der Waals surface area contributed by atoms with E-state index in [2.05, 4.69) is 22.4 Å². The van der Waals surface area contributed by atoms with Crippen molar-refractivity contribution >= 4 is 22.6 Å². The van der Waals surface area contributed by atoms with Crippen molar-refractivity contribution in [3.05, 3.63) is 65.5 Å². The van der Waals surface area contributed by atoms with Crippen molar-refractivity contribution in [2.45, 2.75) is 13.0 Å². The first-order valence-corrected chi connectivity index (χ1v) is 7.49. The molecule has 102 valence electrons. The molecule has 4 heteroatoms. The summed E-state index contributed by atoms with van der Waals surface area (Å²) in [5, 5.41) is 3.85. The Morgan fingerprint density at radius 2 is 2.00 bits per heavy atom. The molecular formula is C16H15FN2S. The highest BCUT2D eigenvalue weighted by molar-refractivity contribution is 8.14. The number of halogens is 1. The number of aliphatic imine (C=N–C) groups is 1. The highest BCUT2D eigenvalue weighted by Gasteiger charge is 2.20. The van der Waals surface area contributed by atoms with Crippen LogP contribution in [0, 0.1) is 12.7 Å². The number of aryl methyl sites for hydroxylation is 1. The highest BCUT2D eigenvalue weighted by Crippen LogP contribution is 2.31. The minimum absolute atomic E-state index is 0.150. The second-order valence-electron chi connectivity index (χ2n) is 4.78. The molecule has 2 nitrogen and oxygen atoms in total. The zero-order valence-electron chi connectivity index (χ0n) is 11.1.